The van der Waals surface area contributed by atoms with Crippen LogP contribution in [0.4, 0.5) is 0 Å². The van der Waals surface area contributed by atoms with Crippen LogP contribution < -0.4 is 63.3 Å². The third-order valence-electron chi connectivity index (χ3n) is 9.48. The molecular weight excluding hydrogens is 686 g/mol. The molecule has 6 aromatic rings. The maximum Gasteiger partial charge on any atom is 1.00 e. The van der Waals surface area contributed by atoms with Crippen LogP contribution in [-0.2, 0) is 38.5 Å². The molecule has 0 heterocycles. The first-order valence-corrected chi connectivity index (χ1v) is 16.0. The maximum absolute atomic E-state index is 13.7. The molecule has 7 rings (SSSR count). The molecule has 0 radical (unpaired) electrons. The molecular formula is C42H35O6Rb. The standard InChI is InChI=1S/C42H36O6.Rb/c43-37-25-7-1-8-26(37)20-28-10-3-12-30(39(28)45)22-32-14-5-16-34(41(32)47)24-36-18-6-17-35(42(36)48)23-33-15-4-13-31(40(33)46)21-29-11-2-9-27(19-25)38(29)44;/h1-18,43-48H,19-24H2;/q;+1/p-1. The van der Waals surface area contributed by atoms with Crippen LogP contribution in [-0.4, -0.2) is 25.5 Å². The van der Waals surface area contributed by atoms with Gasteiger partial charge in [0.05, 0.1) is 0 Å². The molecule has 7 heteroatoms. The van der Waals surface area contributed by atoms with Gasteiger partial charge in [0.1, 0.15) is 28.7 Å². The van der Waals surface area contributed by atoms with Gasteiger partial charge in [0, 0.05) is 38.5 Å². The van der Waals surface area contributed by atoms with Gasteiger partial charge >= 0.3 is 58.2 Å². The summed E-state index contributed by atoms with van der Waals surface area (Å²) in [6.45, 7) is 0. The van der Waals surface area contributed by atoms with Crippen molar-refractivity contribution in [3.8, 4) is 34.5 Å². The number of para-hydroxylation sites is 6. The fourth-order valence-corrected chi connectivity index (χ4v) is 6.80. The Morgan fingerprint density at radius 2 is 0.429 bits per heavy atom. The molecule has 240 valence electrons. The Bertz CT molecular complexity index is 1650. The van der Waals surface area contributed by atoms with E-state index in [1.54, 1.807) is 36.4 Å². The first-order valence-electron chi connectivity index (χ1n) is 16.0. The molecule has 12 bridgehead atoms. The van der Waals surface area contributed by atoms with Crippen molar-refractivity contribution in [3.63, 3.8) is 0 Å². The predicted octanol–water partition coefficient (Wildman–Crippen LogP) is 4.15. The maximum atomic E-state index is 13.7. The van der Waals surface area contributed by atoms with Crippen LogP contribution in [0.3, 0.4) is 0 Å². The van der Waals surface area contributed by atoms with E-state index in [1.165, 1.54) is 0 Å². The van der Waals surface area contributed by atoms with Gasteiger partial charge in [-0.2, -0.15) is 0 Å². The molecule has 0 spiro atoms. The molecule has 0 aromatic heterocycles. The second-order valence-electron chi connectivity index (χ2n) is 12.6. The molecule has 0 atom stereocenters. The van der Waals surface area contributed by atoms with Crippen molar-refractivity contribution in [2.24, 2.45) is 0 Å². The summed E-state index contributed by atoms with van der Waals surface area (Å²) < 4.78 is 0. The topological polar surface area (TPSA) is 124 Å². The minimum atomic E-state index is -0.149. The van der Waals surface area contributed by atoms with Crippen LogP contribution >= 0.6 is 0 Å². The number of benzene rings is 6. The molecule has 6 nitrogen and oxygen atoms in total. The third kappa shape index (κ3) is 7.15. The molecule has 0 aliphatic heterocycles. The number of aromatic hydroxyl groups is 5. The SMILES string of the molecule is [O-]c1c2cccc1Cc1cccc(c1O)Cc1cccc(c1O)Cc1cccc(c1O)Cc1cccc(c1O)Cc1cccc(c1O)C2.[Rb+]. The largest absolute Gasteiger partial charge is 1.00 e. The van der Waals surface area contributed by atoms with E-state index in [2.05, 4.69) is 0 Å². The Hall–Kier alpha value is -4.07. The fourth-order valence-electron chi connectivity index (χ4n) is 6.80. The zero-order chi connectivity index (χ0) is 33.4. The predicted molar refractivity (Wildman–Crippen MR) is 183 cm³/mol. The quantitative estimate of drug-likeness (QED) is 0.161. The van der Waals surface area contributed by atoms with Crippen molar-refractivity contribution < 1.29 is 88.8 Å². The fraction of sp³-hybridized carbons (Fsp3) is 0.143. The normalized spacial score (nSPS) is 12.7. The van der Waals surface area contributed by atoms with Crippen molar-refractivity contribution in [1.82, 2.24) is 0 Å². The van der Waals surface area contributed by atoms with E-state index in [4.69, 9.17) is 0 Å². The van der Waals surface area contributed by atoms with Crippen molar-refractivity contribution in [2.45, 2.75) is 38.5 Å². The van der Waals surface area contributed by atoms with E-state index in [9.17, 15) is 30.6 Å². The van der Waals surface area contributed by atoms with Crippen molar-refractivity contribution in [3.05, 3.63) is 176 Å². The molecule has 0 saturated heterocycles. The molecule has 1 aliphatic rings. The molecule has 0 fully saturated rings. The van der Waals surface area contributed by atoms with Crippen LogP contribution in [0, 0.1) is 0 Å². The zero-order valence-electron chi connectivity index (χ0n) is 27.3. The number of fused-ring (bicyclic) bond motifs is 12. The molecule has 0 unspecified atom stereocenters. The zero-order valence-corrected chi connectivity index (χ0v) is 32.2. The van der Waals surface area contributed by atoms with Gasteiger partial charge in [0.15, 0.2) is 0 Å². The van der Waals surface area contributed by atoms with E-state index >= 15 is 0 Å². The summed E-state index contributed by atoms with van der Waals surface area (Å²) in [6.07, 6.45) is 1.51. The van der Waals surface area contributed by atoms with Crippen LogP contribution in [0.25, 0.3) is 0 Å². The smallest absolute Gasteiger partial charge is 0.872 e. The minimum Gasteiger partial charge on any atom is -0.872 e. The van der Waals surface area contributed by atoms with Crippen LogP contribution in [0.5, 0.6) is 34.5 Å². The number of phenolic OH excluding ortho intramolecular Hbond substituents is 5. The number of hydrogen-bond donors (Lipinski definition) is 5. The Kier molecular flexibility index (Phi) is 10.5. The summed E-state index contributed by atoms with van der Waals surface area (Å²) in [5, 5.41) is 70.3. The number of phenols is 5. The van der Waals surface area contributed by atoms with Gasteiger partial charge in [-0.3, -0.25) is 0 Å². The monoisotopic (exact) mass is 720 g/mol. The second-order valence-corrected chi connectivity index (χ2v) is 12.6. The van der Waals surface area contributed by atoms with E-state index in [1.807, 2.05) is 72.8 Å². The van der Waals surface area contributed by atoms with E-state index in [0.29, 0.717) is 66.8 Å². The van der Waals surface area contributed by atoms with E-state index < -0.39 is 0 Å². The Balaban J connectivity index is 0.00000417. The molecule has 0 amide bonds. The summed E-state index contributed by atoms with van der Waals surface area (Å²) in [5.41, 5.74) is 7.26. The molecule has 49 heavy (non-hydrogen) atoms. The summed E-state index contributed by atoms with van der Waals surface area (Å²) in [5.74, 6) is 0.273. The average molecular weight is 721 g/mol. The van der Waals surface area contributed by atoms with E-state index in [-0.39, 0.29) is 131 Å². The first-order chi connectivity index (χ1) is 23.3. The van der Waals surface area contributed by atoms with Crippen LogP contribution in [0.15, 0.2) is 109 Å². The van der Waals surface area contributed by atoms with E-state index in [0.717, 1.165) is 0 Å². The minimum absolute atomic E-state index is 0. The Morgan fingerprint density at radius 1 is 0.286 bits per heavy atom. The molecule has 5 N–H and O–H groups in total. The summed E-state index contributed by atoms with van der Waals surface area (Å²) in [6, 6.07) is 32.6. The van der Waals surface area contributed by atoms with Crippen molar-refractivity contribution in [1.29, 1.82) is 0 Å². The van der Waals surface area contributed by atoms with Gasteiger partial charge in [-0.15, -0.1) is 5.75 Å². The summed E-state index contributed by atoms with van der Waals surface area (Å²) in [7, 11) is 0. The Labute approximate surface area is 334 Å². The number of hydrogen-bond acceptors (Lipinski definition) is 6. The Morgan fingerprint density at radius 3 is 0.612 bits per heavy atom. The van der Waals surface area contributed by atoms with Gasteiger partial charge in [0.25, 0.3) is 0 Å². The summed E-state index contributed by atoms with van der Waals surface area (Å²) in [4.78, 5) is 0. The molecule has 1 aliphatic carbocycles. The van der Waals surface area contributed by atoms with Gasteiger partial charge in [-0.05, 0) is 55.6 Å². The second kappa shape index (κ2) is 14.8. The van der Waals surface area contributed by atoms with Gasteiger partial charge in [-0.25, -0.2) is 0 Å². The van der Waals surface area contributed by atoms with Gasteiger partial charge < -0.3 is 30.6 Å². The third-order valence-corrected chi connectivity index (χ3v) is 9.48. The molecule has 6 aromatic carbocycles. The van der Waals surface area contributed by atoms with Crippen LogP contribution in [0.1, 0.15) is 66.8 Å². The van der Waals surface area contributed by atoms with Crippen molar-refractivity contribution in [2.75, 3.05) is 0 Å². The average Bonchev–Trinajstić information content (AvgIpc) is 3.07. The van der Waals surface area contributed by atoms with Crippen LogP contribution in [0.2, 0.25) is 0 Å². The first kappa shape index (κ1) is 34.8. The van der Waals surface area contributed by atoms with Crippen molar-refractivity contribution >= 4 is 0 Å². The summed E-state index contributed by atoms with van der Waals surface area (Å²) >= 11 is 0. The molecule has 0 saturated carbocycles. The number of rotatable bonds is 0. The van der Waals surface area contributed by atoms with Gasteiger partial charge in [0.2, 0.25) is 0 Å². The van der Waals surface area contributed by atoms with Gasteiger partial charge in [-0.1, -0.05) is 120 Å².